The van der Waals surface area contributed by atoms with Crippen molar-refractivity contribution in [1.29, 1.82) is 0 Å². The first kappa shape index (κ1) is 23.7. The van der Waals surface area contributed by atoms with Crippen molar-refractivity contribution in [1.82, 2.24) is 10.2 Å². The Morgan fingerprint density at radius 2 is 2.06 bits per heavy atom. The van der Waals surface area contributed by atoms with E-state index >= 15 is 0 Å². The third-order valence-electron chi connectivity index (χ3n) is 7.66. The van der Waals surface area contributed by atoms with Gasteiger partial charge in [-0.1, -0.05) is 0 Å². The number of allylic oxidation sites excluding steroid dienone is 1. The van der Waals surface area contributed by atoms with Crippen LogP contribution in [0.1, 0.15) is 36.1 Å². The van der Waals surface area contributed by atoms with Gasteiger partial charge in [0.05, 0.1) is 29.1 Å². The lowest BCUT2D eigenvalue weighted by Crippen LogP contribution is -2.55. The van der Waals surface area contributed by atoms with Gasteiger partial charge in [0.25, 0.3) is 0 Å². The first-order valence-corrected chi connectivity index (χ1v) is 11.7. The van der Waals surface area contributed by atoms with E-state index in [1.165, 1.54) is 0 Å². The van der Waals surface area contributed by atoms with Crippen LogP contribution >= 0.6 is 0 Å². The highest BCUT2D eigenvalue weighted by Crippen LogP contribution is 2.54. The summed E-state index contributed by atoms with van der Waals surface area (Å²) in [7, 11) is 3.70. The number of aromatic hydroxyl groups is 1. The maximum Gasteiger partial charge on any atom is 0.248 e. The number of carbonyl (C=O) groups is 2. The molecule has 11 heteroatoms. The quantitative estimate of drug-likeness (QED) is 0.303. The van der Waals surface area contributed by atoms with Gasteiger partial charge in [-0.2, -0.15) is 5.10 Å². The second-order valence-electron chi connectivity index (χ2n) is 10.00. The Hall–Kier alpha value is -3.99. The smallest absolute Gasteiger partial charge is 0.248 e. The number of amides is 1. The second-order valence-corrected chi connectivity index (χ2v) is 10.00. The predicted molar refractivity (Wildman–Crippen MR) is 131 cm³/mol. The summed E-state index contributed by atoms with van der Waals surface area (Å²) >= 11 is 0. The van der Waals surface area contributed by atoms with Crippen molar-refractivity contribution < 1.29 is 30.0 Å². The van der Waals surface area contributed by atoms with Gasteiger partial charge < -0.3 is 36.4 Å². The number of nitrogens with two attached hydrogens (primary N) is 1. The third-order valence-corrected chi connectivity index (χ3v) is 7.66. The largest absolute Gasteiger partial charge is 0.512 e. The minimum absolute atomic E-state index is 0.0252. The van der Waals surface area contributed by atoms with E-state index in [0.29, 0.717) is 30.6 Å². The number of aromatic amines is 1. The molecule has 1 aromatic carbocycles. The summed E-state index contributed by atoms with van der Waals surface area (Å²) in [4.78, 5) is 27.3. The van der Waals surface area contributed by atoms with E-state index in [1.807, 2.05) is 19.0 Å². The van der Waals surface area contributed by atoms with Crippen LogP contribution in [0.25, 0.3) is 5.76 Å². The van der Waals surface area contributed by atoms with Crippen molar-refractivity contribution in [2.75, 3.05) is 24.3 Å². The number of anilines is 2. The number of nitrogens with one attached hydrogen (secondary N) is 2. The average molecular weight is 496 g/mol. The number of benzene rings is 1. The van der Waals surface area contributed by atoms with Crippen molar-refractivity contribution in [3.8, 4) is 5.75 Å². The summed E-state index contributed by atoms with van der Waals surface area (Å²) in [5, 5.41) is 54.2. The van der Waals surface area contributed by atoms with Gasteiger partial charge in [0.1, 0.15) is 22.9 Å². The number of aromatic nitrogens is 2. The fourth-order valence-corrected chi connectivity index (χ4v) is 5.83. The molecule has 0 radical (unpaired) electrons. The van der Waals surface area contributed by atoms with E-state index in [-0.39, 0.29) is 40.4 Å². The molecule has 3 atom stereocenters. The maximum atomic E-state index is 13.7. The van der Waals surface area contributed by atoms with Crippen molar-refractivity contribution in [3.63, 3.8) is 0 Å². The van der Waals surface area contributed by atoms with Crippen LogP contribution in [0.2, 0.25) is 0 Å². The average Bonchev–Trinajstić information content (AvgIpc) is 3.33. The summed E-state index contributed by atoms with van der Waals surface area (Å²) in [6.07, 6.45) is 1.80. The minimum Gasteiger partial charge on any atom is -0.512 e. The number of carbonyl (C=O) groups excluding carboxylic acids is 2. The zero-order valence-corrected chi connectivity index (χ0v) is 20.0. The van der Waals surface area contributed by atoms with Gasteiger partial charge in [-0.3, -0.25) is 14.7 Å². The summed E-state index contributed by atoms with van der Waals surface area (Å²) in [5.41, 5.74) is 5.95. The first-order chi connectivity index (χ1) is 17.0. The van der Waals surface area contributed by atoms with Gasteiger partial charge in [0, 0.05) is 50.3 Å². The molecule has 0 bridgehead atoms. The zero-order valence-electron chi connectivity index (χ0n) is 20.0. The number of primary amides is 1. The molecule has 0 saturated heterocycles. The van der Waals surface area contributed by atoms with Crippen LogP contribution in [0.3, 0.4) is 0 Å². The number of phenolic OH excluding ortho intramolecular Hbond substituents is 1. The molecule has 0 aliphatic heterocycles. The Labute approximate surface area is 206 Å². The highest BCUT2D eigenvalue weighted by atomic mass is 16.3. The summed E-state index contributed by atoms with van der Waals surface area (Å²) in [5.74, 6) is -3.48. The number of fused-ring (bicyclic) bond motifs is 3. The number of ketones is 1. The Kier molecular flexibility index (Phi) is 5.47. The second kappa shape index (κ2) is 8.30. The van der Waals surface area contributed by atoms with Gasteiger partial charge in [-0.25, -0.2) is 0 Å². The van der Waals surface area contributed by atoms with Crippen LogP contribution in [0.5, 0.6) is 5.75 Å². The normalized spacial score (nSPS) is 25.2. The van der Waals surface area contributed by atoms with E-state index in [9.17, 15) is 30.0 Å². The van der Waals surface area contributed by atoms with E-state index in [4.69, 9.17) is 5.73 Å². The minimum atomic E-state index is -1.98. The number of aliphatic hydroxyl groups is 3. The van der Waals surface area contributed by atoms with Crippen LogP contribution < -0.4 is 16.0 Å². The van der Waals surface area contributed by atoms with Gasteiger partial charge in [-0.05, 0) is 36.5 Å². The van der Waals surface area contributed by atoms with E-state index < -0.39 is 35.5 Å². The summed E-state index contributed by atoms with van der Waals surface area (Å²) < 4.78 is 0. The van der Waals surface area contributed by atoms with Crippen LogP contribution in [0.15, 0.2) is 35.2 Å². The molecule has 190 valence electrons. The van der Waals surface area contributed by atoms with Crippen molar-refractivity contribution in [3.05, 3.63) is 52.1 Å². The molecule has 11 nitrogen and oxygen atoms in total. The van der Waals surface area contributed by atoms with E-state index in [2.05, 4.69) is 15.5 Å². The van der Waals surface area contributed by atoms with Crippen LogP contribution in [0, 0.1) is 11.8 Å². The molecular formula is C25H29N5O6. The Morgan fingerprint density at radius 3 is 2.69 bits per heavy atom. The number of nitrogens with zero attached hydrogens (tertiary/aromatic N) is 2. The number of rotatable bonds is 5. The molecule has 1 saturated carbocycles. The molecule has 1 heterocycles. The molecule has 0 spiro atoms. The predicted octanol–water partition coefficient (Wildman–Crippen LogP) is 1.65. The molecule has 1 amide bonds. The first-order valence-electron chi connectivity index (χ1n) is 11.7. The molecule has 3 aliphatic rings. The maximum absolute atomic E-state index is 13.7. The molecular weight excluding hydrogens is 466 g/mol. The highest BCUT2D eigenvalue weighted by molar-refractivity contribution is 6.10. The van der Waals surface area contributed by atoms with Crippen LogP contribution in [-0.2, 0) is 22.6 Å². The monoisotopic (exact) mass is 495 g/mol. The van der Waals surface area contributed by atoms with Gasteiger partial charge in [0.2, 0.25) is 5.91 Å². The SMILES string of the molecule is CN(C)c1cc(NCc2ccn[nH]2)c(O)c2c1C[C@H]1C[C@H]3CC(O)=C(C(N)=O)C[C@@]3(O)C(=O)C1=C2O. The fraction of sp³-hybridized carbons (Fsp3) is 0.400. The number of aliphatic hydroxyl groups excluding tert-OH is 2. The van der Waals surface area contributed by atoms with Gasteiger partial charge >= 0.3 is 0 Å². The number of hydrogen-bond acceptors (Lipinski definition) is 9. The molecule has 8 N–H and O–H groups in total. The zero-order chi connectivity index (χ0) is 25.9. The molecule has 0 unspecified atom stereocenters. The topological polar surface area (TPSA) is 185 Å². The highest BCUT2D eigenvalue weighted by Gasteiger charge is 2.56. The Balaban J connectivity index is 1.61. The Bertz CT molecular complexity index is 1330. The number of phenols is 1. The van der Waals surface area contributed by atoms with E-state index in [1.54, 1.807) is 18.3 Å². The van der Waals surface area contributed by atoms with Crippen LogP contribution in [0.4, 0.5) is 11.4 Å². The van der Waals surface area contributed by atoms with Crippen molar-refractivity contribution in [2.45, 2.75) is 37.8 Å². The number of Topliss-reactive ketones (excluding diaryl/α,β-unsaturated/α-hetero) is 1. The van der Waals surface area contributed by atoms with E-state index in [0.717, 1.165) is 11.4 Å². The summed E-state index contributed by atoms with van der Waals surface area (Å²) in [6, 6.07) is 3.58. The molecule has 2 aromatic rings. The number of hydrogen-bond donors (Lipinski definition) is 7. The fourth-order valence-electron chi connectivity index (χ4n) is 5.83. The molecule has 1 fully saturated rings. The lowest BCUT2D eigenvalue weighted by Gasteiger charge is -2.47. The lowest BCUT2D eigenvalue weighted by molar-refractivity contribution is -0.146. The summed E-state index contributed by atoms with van der Waals surface area (Å²) in [6.45, 7) is 0.339. The van der Waals surface area contributed by atoms with Crippen LogP contribution in [-0.4, -0.2) is 62.0 Å². The third kappa shape index (κ3) is 3.49. The Morgan fingerprint density at radius 1 is 1.31 bits per heavy atom. The van der Waals surface area contributed by atoms with Crippen molar-refractivity contribution in [2.24, 2.45) is 17.6 Å². The molecule has 1 aromatic heterocycles. The van der Waals surface area contributed by atoms with Gasteiger partial charge in [-0.15, -0.1) is 0 Å². The molecule has 5 rings (SSSR count). The lowest BCUT2D eigenvalue weighted by atomic mass is 9.59. The molecule has 36 heavy (non-hydrogen) atoms. The molecule has 3 aliphatic carbocycles. The van der Waals surface area contributed by atoms with Crippen molar-refractivity contribution >= 4 is 28.8 Å². The standard InChI is InChI=1S/C25H29N5O6/c1-30(2)17-8-16(27-10-13-3-4-28-29-13)21(32)20-14(17)6-11-5-12-7-18(31)15(24(26)35)9-25(12,36)23(34)19(11)22(20)33/h3-4,8,11-12,27,31-33,36H,5-7,9-10H2,1-2H3,(H2,26,35)(H,28,29)/t11-,12+,25+/m1/s1. The van der Waals surface area contributed by atoms with Gasteiger partial charge in [0.15, 0.2) is 5.78 Å². The number of H-pyrrole nitrogens is 1.